The Balaban J connectivity index is 2.08. The lowest BCUT2D eigenvalue weighted by Crippen LogP contribution is -2.42. The summed E-state index contributed by atoms with van der Waals surface area (Å²) < 4.78 is 0. The molecule has 1 saturated heterocycles. The lowest BCUT2D eigenvalue weighted by Gasteiger charge is -2.23. The fraction of sp³-hybridized carbons (Fsp3) is 0.583. The molecular formula is C12H17Cl2N3O. The van der Waals surface area contributed by atoms with Gasteiger partial charge in [-0.1, -0.05) is 30.1 Å². The highest BCUT2D eigenvalue weighted by atomic mass is 35.5. The van der Waals surface area contributed by atoms with Crippen molar-refractivity contribution in [3.05, 3.63) is 21.4 Å². The molecule has 2 rings (SSSR count). The molecule has 1 aromatic rings. The first-order valence-electron chi connectivity index (χ1n) is 6.21. The summed E-state index contributed by atoms with van der Waals surface area (Å²) in [7, 11) is 0. The molecule has 0 saturated carbocycles. The van der Waals surface area contributed by atoms with Crippen molar-refractivity contribution in [3.63, 3.8) is 0 Å². The van der Waals surface area contributed by atoms with Gasteiger partial charge in [-0.15, -0.1) is 0 Å². The zero-order valence-corrected chi connectivity index (χ0v) is 11.8. The minimum absolute atomic E-state index is 0.173. The molecule has 0 bridgehead atoms. The van der Waals surface area contributed by atoms with Crippen LogP contribution in [0, 0.1) is 0 Å². The van der Waals surface area contributed by atoms with E-state index in [0.717, 1.165) is 38.0 Å². The van der Waals surface area contributed by atoms with Crippen molar-refractivity contribution < 1.29 is 4.79 Å². The summed E-state index contributed by atoms with van der Waals surface area (Å²) in [6.45, 7) is 3.83. The Morgan fingerprint density at radius 2 is 2.00 bits per heavy atom. The number of carbonyl (C=O) groups is 1. The molecule has 1 fully saturated rings. The number of aromatic nitrogens is 1. The van der Waals surface area contributed by atoms with Crippen LogP contribution in [0.15, 0.2) is 0 Å². The third-order valence-electron chi connectivity index (χ3n) is 3.21. The van der Waals surface area contributed by atoms with Crippen molar-refractivity contribution in [2.45, 2.75) is 32.2 Å². The van der Waals surface area contributed by atoms with E-state index < -0.39 is 0 Å². The topological polar surface area (TPSA) is 56.9 Å². The minimum Gasteiger partial charge on any atom is -0.352 e. The number of hydrogen-bond acceptors (Lipinski definition) is 2. The zero-order valence-electron chi connectivity index (χ0n) is 10.3. The summed E-state index contributed by atoms with van der Waals surface area (Å²) in [4.78, 5) is 15.1. The summed E-state index contributed by atoms with van der Waals surface area (Å²) in [5, 5.41) is 7.02. The van der Waals surface area contributed by atoms with Crippen molar-refractivity contribution in [3.8, 4) is 0 Å². The number of carbonyl (C=O) groups excluding carboxylic acids is 1. The maximum Gasteiger partial charge on any atom is 0.269 e. The van der Waals surface area contributed by atoms with E-state index in [1.54, 1.807) is 0 Å². The summed E-state index contributed by atoms with van der Waals surface area (Å²) in [5.41, 5.74) is 1.18. The van der Waals surface area contributed by atoms with Crippen LogP contribution in [0.5, 0.6) is 0 Å². The van der Waals surface area contributed by atoms with Gasteiger partial charge in [0.1, 0.15) is 5.69 Å². The van der Waals surface area contributed by atoms with Crippen molar-refractivity contribution in [2.75, 3.05) is 13.1 Å². The molecule has 0 unspecified atom stereocenters. The number of halogens is 2. The molecule has 0 atom stereocenters. The SMILES string of the molecule is CCc1[nH]c(C(=O)NC2CCNCC2)c(Cl)c1Cl. The molecule has 0 spiro atoms. The van der Waals surface area contributed by atoms with E-state index in [4.69, 9.17) is 23.2 Å². The van der Waals surface area contributed by atoms with Crippen molar-refractivity contribution in [1.29, 1.82) is 0 Å². The Bertz CT molecular complexity index is 439. The third-order valence-corrected chi connectivity index (χ3v) is 4.10. The van der Waals surface area contributed by atoms with Crippen molar-refractivity contribution >= 4 is 29.1 Å². The number of aryl methyl sites for hydroxylation is 1. The summed E-state index contributed by atoms with van der Waals surface area (Å²) in [6, 6.07) is 0.210. The molecule has 6 heteroatoms. The van der Waals surface area contributed by atoms with Crippen LogP contribution in [-0.2, 0) is 6.42 Å². The number of H-pyrrole nitrogens is 1. The fourth-order valence-electron chi connectivity index (χ4n) is 2.13. The number of hydrogen-bond donors (Lipinski definition) is 3. The zero-order chi connectivity index (χ0) is 13.1. The van der Waals surface area contributed by atoms with Crippen LogP contribution < -0.4 is 10.6 Å². The Morgan fingerprint density at radius 1 is 1.33 bits per heavy atom. The van der Waals surface area contributed by atoms with Gasteiger partial charge in [0.2, 0.25) is 0 Å². The molecule has 18 heavy (non-hydrogen) atoms. The normalized spacial score (nSPS) is 16.8. The van der Waals surface area contributed by atoms with E-state index in [1.807, 2.05) is 6.92 Å². The van der Waals surface area contributed by atoms with Crippen LogP contribution in [0.3, 0.4) is 0 Å². The highest BCUT2D eigenvalue weighted by Crippen LogP contribution is 2.30. The molecule has 1 aromatic heterocycles. The van der Waals surface area contributed by atoms with E-state index in [9.17, 15) is 4.79 Å². The number of nitrogens with one attached hydrogen (secondary N) is 3. The van der Waals surface area contributed by atoms with E-state index in [1.165, 1.54) is 0 Å². The molecule has 4 nitrogen and oxygen atoms in total. The van der Waals surface area contributed by atoms with E-state index in [-0.39, 0.29) is 11.9 Å². The van der Waals surface area contributed by atoms with E-state index in [2.05, 4.69) is 15.6 Å². The first kappa shape index (κ1) is 13.7. The van der Waals surface area contributed by atoms with Crippen LogP contribution >= 0.6 is 23.2 Å². The predicted octanol–water partition coefficient (Wildman–Crippen LogP) is 2.37. The molecule has 1 aliphatic rings. The monoisotopic (exact) mass is 289 g/mol. The van der Waals surface area contributed by atoms with Gasteiger partial charge in [-0.05, 0) is 32.4 Å². The second-order valence-electron chi connectivity index (χ2n) is 4.46. The van der Waals surface area contributed by atoms with Gasteiger partial charge >= 0.3 is 0 Å². The van der Waals surface area contributed by atoms with Crippen LogP contribution in [0.25, 0.3) is 0 Å². The Hall–Kier alpha value is -0.710. The van der Waals surface area contributed by atoms with Crippen LogP contribution in [0.2, 0.25) is 10.0 Å². The standard InChI is InChI=1S/C12H17Cl2N3O/c1-2-8-9(13)10(14)11(17-8)12(18)16-7-3-5-15-6-4-7/h7,15,17H,2-6H2,1H3,(H,16,18). The number of piperidine rings is 1. The molecule has 1 amide bonds. The molecule has 0 radical (unpaired) electrons. The van der Waals surface area contributed by atoms with Crippen molar-refractivity contribution in [2.24, 2.45) is 0 Å². The molecule has 3 N–H and O–H groups in total. The number of rotatable bonds is 3. The first-order chi connectivity index (χ1) is 8.63. The average molecular weight is 290 g/mol. The third kappa shape index (κ3) is 2.82. The molecule has 2 heterocycles. The highest BCUT2D eigenvalue weighted by molar-refractivity contribution is 6.44. The quantitative estimate of drug-likeness (QED) is 0.800. The van der Waals surface area contributed by atoms with Gasteiger partial charge in [0.15, 0.2) is 0 Å². The van der Waals surface area contributed by atoms with Gasteiger partial charge in [0, 0.05) is 11.7 Å². The van der Waals surface area contributed by atoms with Gasteiger partial charge in [-0.2, -0.15) is 0 Å². The fourth-order valence-corrected chi connectivity index (χ4v) is 2.65. The Kier molecular flexibility index (Phi) is 4.54. The van der Waals surface area contributed by atoms with Crippen LogP contribution in [0.1, 0.15) is 35.9 Å². The maximum atomic E-state index is 12.1. The van der Waals surface area contributed by atoms with Gasteiger partial charge in [-0.25, -0.2) is 0 Å². The average Bonchev–Trinajstić information content (AvgIpc) is 2.67. The molecule has 100 valence electrons. The predicted molar refractivity (Wildman–Crippen MR) is 73.5 cm³/mol. The second-order valence-corrected chi connectivity index (χ2v) is 5.21. The molecule has 1 aliphatic heterocycles. The second kappa shape index (κ2) is 5.95. The lowest BCUT2D eigenvalue weighted by atomic mass is 10.1. The van der Waals surface area contributed by atoms with Crippen LogP contribution in [-0.4, -0.2) is 30.0 Å². The molecule has 0 aliphatic carbocycles. The van der Waals surface area contributed by atoms with Gasteiger partial charge in [0.25, 0.3) is 5.91 Å². The van der Waals surface area contributed by atoms with E-state index >= 15 is 0 Å². The number of aromatic amines is 1. The first-order valence-corrected chi connectivity index (χ1v) is 6.96. The number of amides is 1. The van der Waals surface area contributed by atoms with Gasteiger partial charge in [-0.3, -0.25) is 4.79 Å². The lowest BCUT2D eigenvalue weighted by molar-refractivity contribution is 0.0925. The van der Waals surface area contributed by atoms with Crippen molar-refractivity contribution in [1.82, 2.24) is 15.6 Å². The largest absolute Gasteiger partial charge is 0.352 e. The van der Waals surface area contributed by atoms with Gasteiger partial charge < -0.3 is 15.6 Å². The Morgan fingerprint density at radius 3 is 2.56 bits per heavy atom. The Labute approximate surface area is 116 Å². The molecular weight excluding hydrogens is 273 g/mol. The minimum atomic E-state index is -0.173. The maximum absolute atomic E-state index is 12.1. The summed E-state index contributed by atoms with van der Waals surface area (Å²) >= 11 is 12.1. The highest BCUT2D eigenvalue weighted by Gasteiger charge is 2.22. The summed E-state index contributed by atoms with van der Waals surface area (Å²) in [5.74, 6) is -0.173. The van der Waals surface area contributed by atoms with Gasteiger partial charge in [0.05, 0.1) is 10.0 Å². The smallest absolute Gasteiger partial charge is 0.269 e. The summed E-state index contributed by atoms with van der Waals surface area (Å²) in [6.07, 6.45) is 2.61. The van der Waals surface area contributed by atoms with E-state index in [0.29, 0.717) is 15.7 Å². The molecule has 0 aromatic carbocycles. The van der Waals surface area contributed by atoms with Crippen LogP contribution in [0.4, 0.5) is 0 Å².